The van der Waals surface area contributed by atoms with Gasteiger partial charge in [-0.2, -0.15) is 0 Å². The van der Waals surface area contributed by atoms with Gasteiger partial charge in [-0.25, -0.2) is 0 Å². The standard InChI is InChI=1S/C17H23NO3/c1-2-20-11-15(19)18-16-13-8-9-21-17(13)14(16)10-12-6-4-3-5-7-12/h3-7,13-14,16-17H,2,8-11H2,1H3,(H,18,19)/t13-,14+,16-,17-/m0/s1. The largest absolute Gasteiger partial charge is 0.377 e. The SMILES string of the molecule is CCOCC(=O)N[C@@H]1[C@@H](Cc2ccccc2)[C@H]2OCC[C@@H]12. The highest BCUT2D eigenvalue weighted by molar-refractivity contribution is 5.77. The van der Waals surface area contributed by atoms with E-state index in [1.165, 1.54) is 5.56 Å². The van der Waals surface area contributed by atoms with Crippen LogP contribution in [0.2, 0.25) is 0 Å². The van der Waals surface area contributed by atoms with Crippen molar-refractivity contribution < 1.29 is 14.3 Å². The van der Waals surface area contributed by atoms with Gasteiger partial charge < -0.3 is 14.8 Å². The summed E-state index contributed by atoms with van der Waals surface area (Å²) in [5, 5.41) is 3.15. The Labute approximate surface area is 125 Å². The number of carbonyl (C=O) groups excluding carboxylic acids is 1. The molecule has 1 aliphatic carbocycles. The third-order valence-corrected chi connectivity index (χ3v) is 4.61. The minimum atomic E-state index is -0.00902. The second kappa shape index (κ2) is 6.58. The number of hydrogen-bond donors (Lipinski definition) is 1. The first-order valence-electron chi connectivity index (χ1n) is 7.82. The van der Waals surface area contributed by atoms with Gasteiger partial charge in [-0.05, 0) is 25.3 Å². The van der Waals surface area contributed by atoms with E-state index in [0.29, 0.717) is 24.5 Å². The molecule has 1 saturated heterocycles. The molecule has 1 amide bonds. The molecule has 0 unspecified atom stereocenters. The third-order valence-electron chi connectivity index (χ3n) is 4.61. The maximum absolute atomic E-state index is 11.9. The predicted octanol–water partition coefficient (Wildman–Crippen LogP) is 1.79. The van der Waals surface area contributed by atoms with Crippen LogP contribution in [0.5, 0.6) is 0 Å². The fraction of sp³-hybridized carbons (Fsp3) is 0.588. The summed E-state index contributed by atoms with van der Waals surface area (Å²) in [7, 11) is 0. The Bertz CT molecular complexity index is 476. The van der Waals surface area contributed by atoms with Crippen LogP contribution < -0.4 is 5.32 Å². The summed E-state index contributed by atoms with van der Waals surface area (Å²) < 4.78 is 11.0. The molecule has 0 radical (unpaired) electrons. The van der Waals surface area contributed by atoms with Crippen molar-refractivity contribution in [2.24, 2.45) is 11.8 Å². The van der Waals surface area contributed by atoms with Crippen molar-refractivity contribution in [1.82, 2.24) is 5.32 Å². The lowest BCUT2D eigenvalue weighted by atomic mass is 9.64. The average Bonchev–Trinajstić information content (AvgIpc) is 2.94. The molecule has 1 N–H and O–H groups in total. The maximum Gasteiger partial charge on any atom is 0.246 e. The van der Waals surface area contributed by atoms with E-state index in [0.717, 1.165) is 19.4 Å². The lowest BCUT2D eigenvalue weighted by Crippen LogP contribution is -2.62. The maximum atomic E-state index is 11.9. The van der Waals surface area contributed by atoms with E-state index in [-0.39, 0.29) is 18.6 Å². The number of fused-ring (bicyclic) bond motifs is 1. The summed E-state index contributed by atoms with van der Waals surface area (Å²) in [5.41, 5.74) is 1.31. The fourth-order valence-corrected chi connectivity index (χ4v) is 3.60. The highest BCUT2D eigenvalue weighted by Crippen LogP contribution is 2.45. The van der Waals surface area contributed by atoms with Gasteiger partial charge in [-0.3, -0.25) is 4.79 Å². The summed E-state index contributed by atoms with van der Waals surface area (Å²) in [6.07, 6.45) is 2.32. The topological polar surface area (TPSA) is 47.6 Å². The minimum Gasteiger partial charge on any atom is -0.377 e. The zero-order chi connectivity index (χ0) is 14.7. The van der Waals surface area contributed by atoms with E-state index < -0.39 is 0 Å². The van der Waals surface area contributed by atoms with Gasteiger partial charge in [0.1, 0.15) is 6.61 Å². The smallest absolute Gasteiger partial charge is 0.246 e. The summed E-state index contributed by atoms with van der Waals surface area (Å²) in [4.78, 5) is 11.9. The first-order valence-corrected chi connectivity index (χ1v) is 7.82. The number of benzene rings is 1. The first-order chi connectivity index (χ1) is 10.3. The number of carbonyl (C=O) groups is 1. The highest BCUT2D eigenvalue weighted by atomic mass is 16.5. The van der Waals surface area contributed by atoms with Crippen molar-refractivity contribution in [2.75, 3.05) is 19.8 Å². The Balaban J connectivity index is 1.62. The molecule has 1 saturated carbocycles. The molecule has 4 heteroatoms. The van der Waals surface area contributed by atoms with Crippen LogP contribution in [0.4, 0.5) is 0 Å². The highest BCUT2D eigenvalue weighted by Gasteiger charge is 2.53. The van der Waals surface area contributed by atoms with Gasteiger partial charge in [-0.1, -0.05) is 30.3 Å². The molecule has 114 valence electrons. The van der Waals surface area contributed by atoms with E-state index in [1.54, 1.807) is 0 Å². The number of rotatable bonds is 6. The number of nitrogens with one attached hydrogen (secondary N) is 1. The molecule has 0 aromatic heterocycles. The molecule has 0 bridgehead atoms. The molecular formula is C17H23NO3. The third kappa shape index (κ3) is 3.11. The molecule has 4 atom stereocenters. The van der Waals surface area contributed by atoms with Crippen molar-refractivity contribution >= 4 is 5.91 Å². The molecule has 2 fully saturated rings. The van der Waals surface area contributed by atoms with Crippen LogP contribution in [-0.2, 0) is 20.7 Å². The van der Waals surface area contributed by atoms with E-state index in [9.17, 15) is 4.79 Å². The van der Waals surface area contributed by atoms with Gasteiger partial charge in [-0.15, -0.1) is 0 Å². The van der Waals surface area contributed by atoms with Crippen molar-refractivity contribution in [3.63, 3.8) is 0 Å². The number of amides is 1. The van der Waals surface area contributed by atoms with Crippen LogP contribution in [0.3, 0.4) is 0 Å². The van der Waals surface area contributed by atoms with E-state index in [4.69, 9.17) is 9.47 Å². The Morgan fingerprint density at radius 2 is 2.19 bits per heavy atom. The molecular weight excluding hydrogens is 266 g/mol. The first kappa shape index (κ1) is 14.5. The van der Waals surface area contributed by atoms with Gasteiger partial charge >= 0.3 is 0 Å². The van der Waals surface area contributed by atoms with Crippen LogP contribution in [0.15, 0.2) is 30.3 Å². The predicted molar refractivity (Wildman–Crippen MR) is 79.9 cm³/mol. The Kier molecular flexibility index (Phi) is 4.56. The Hall–Kier alpha value is -1.39. The molecule has 2 aliphatic rings. The van der Waals surface area contributed by atoms with Crippen LogP contribution in [0, 0.1) is 11.8 Å². The minimum absolute atomic E-state index is 0.00902. The van der Waals surface area contributed by atoms with Crippen LogP contribution in [0.25, 0.3) is 0 Å². The molecule has 1 aromatic carbocycles. The van der Waals surface area contributed by atoms with E-state index >= 15 is 0 Å². The second-order valence-corrected chi connectivity index (χ2v) is 5.87. The zero-order valence-corrected chi connectivity index (χ0v) is 12.5. The van der Waals surface area contributed by atoms with Crippen molar-refractivity contribution in [1.29, 1.82) is 0 Å². The number of hydrogen-bond acceptors (Lipinski definition) is 3. The molecule has 3 rings (SSSR count). The summed E-state index contributed by atoms with van der Waals surface area (Å²) in [6.45, 7) is 3.44. The van der Waals surface area contributed by atoms with E-state index in [1.807, 2.05) is 13.0 Å². The quantitative estimate of drug-likeness (QED) is 0.868. The van der Waals surface area contributed by atoms with Crippen LogP contribution >= 0.6 is 0 Å². The molecule has 0 spiro atoms. The molecule has 4 nitrogen and oxygen atoms in total. The second-order valence-electron chi connectivity index (χ2n) is 5.87. The van der Waals surface area contributed by atoms with Crippen molar-refractivity contribution in [3.05, 3.63) is 35.9 Å². The summed E-state index contributed by atoms with van der Waals surface area (Å²) >= 11 is 0. The average molecular weight is 289 g/mol. The van der Waals surface area contributed by atoms with Crippen LogP contribution in [0.1, 0.15) is 18.9 Å². The van der Waals surface area contributed by atoms with Crippen LogP contribution in [-0.4, -0.2) is 37.9 Å². The van der Waals surface area contributed by atoms with Gasteiger partial charge in [0.05, 0.1) is 6.10 Å². The van der Waals surface area contributed by atoms with Gasteiger partial charge in [0.2, 0.25) is 5.91 Å². The van der Waals surface area contributed by atoms with Gasteiger partial charge in [0, 0.05) is 31.1 Å². The Morgan fingerprint density at radius 1 is 1.38 bits per heavy atom. The van der Waals surface area contributed by atoms with Crippen molar-refractivity contribution in [3.8, 4) is 0 Å². The number of ether oxygens (including phenoxy) is 2. The molecule has 1 aromatic rings. The monoisotopic (exact) mass is 289 g/mol. The molecule has 1 heterocycles. The Morgan fingerprint density at radius 3 is 2.95 bits per heavy atom. The normalized spacial score (nSPS) is 30.5. The summed E-state index contributed by atoms with van der Waals surface area (Å²) in [6, 6.07) is 10.7. The molecule has 21 heavy (non-hydrogen) atoms. The lowest BCUT2D eigenvalue weighted by Gasteiger charge is -2.48. The van der Waals surface area contributed by atoms with E-state index in [2.05, 4.69) is 29.6 Å². The van der Waals surface area contributed by atoms with Gasteiger partial charge in [0.15, 0.2) is 0 Å². The van der Waals surface area contributed by atoms with Gasteiger partial charge in [0.25, 0.3) is 0 Å². The summed E-state index contributed by atoms with van der Waals surface area (Å²) in [5.74, 6) is 0.847. The molecule has 1 aliphatic heterocycles. The van der Waals surface area contributed by atoms with Crippen molar-refractivity contribution in [2.45, 2.75) is 31.9 Å². The lowest BCUT2D eigenvalue weighted by molar-refractivity contribution is -0.131. The zero-order valence-electron chi connectivity index (χ0n) is 12.5. The fourth-order valence-electron chi connectivity index (χ4n) is 3.60.